The smallest absolute Gasteiger partial charge is 0.0897 e. The molecule has 0 amide bonds. The van der Waals surface area contributed by atoms with E-state index in [1.807, 2.05) is 13.1 Å². The molecule has 0 aliphatic carbocycles. The monoisotopic (exact) mass is 229 g/mol. The molecule has 3 nitrogen and oxygen atoms in total. The predicted octanol–water partition coefficient (Wildman–Crippen LogP) is 2.13. The number of hydrogen-bond donors (Lipinski definition) is 1. The zero-order chi connectivity index (χ0) is 11.7. The molecule has 0 bridgehead atoms. The Morgan fingerprint density at radius 1 is 1.40 bits per heavy atom. The molecular formula is C11H23N3S. The van der Waals surface area contributed by atoms with Crippen molar-refractivity contribution >= 4 is 11.3 Å². The second-order valence-corrected chi connectivity index (χ2v) is 4.84. The number of nitrogens with one attached hydrogen (secondary N) is 1. The fourth-order valence-corrected chi connectivity index (χ4v) is 1.50. The van der Waals surface area contributed by atoms with E-state index < -0.39 is 0 Å². The van der Waals surface area contributed by atoms with Crippen molar-refractivity contribution in [3.8, 4) is 0 Å². The van der Waals surface area contributed by atoms with Crippen molar-refractivity contribution in [3.63, 3.8) is 0 Å². The van der Waals surface area contributed by atoms with Crippen molar-refractivity contribution in [1.82, 2.24) is 15.2 Å². The normalized spacial score (nSPS) is 10.0. The summed E-state index contributed by atoms with van der Waals surface area (Å²) in [5, 5.41) is 4.39. The zero-order valence-electron chi connectivity index (χ0n) is 10.5. The van der Waals surface area contributed by atoms with Gasteiger partial charge in [0, 0.05) is 17.6 Å². The lowest BCUT2D eigenvalue weighted by atomic mass is 10.5. The summed E-state index contributed by atoms with van der Waals surface area (Å²) in [6.07, 6.45) is 1.93. The van der Waals surface area contributed by atoms with E-state index in [4.69, 9.17) is 0 Å². The molecule has 4 heteroatoms. The summed E-state index contributed by atoms with van der Waals surface area (Å²) in [6.45, 7) is 9.38. The highest BCUT2D eigenvalue weighted by molar-refractivity contribution is 7.11. The average Bonchev–Trinajstić information content (AvgIpc) is 2.62. The van der Waals surface area contributed by atoms with Crippen LogP contribution in [0.15, 0.2) is 6.20 Å². The van der Waals surface area contributed by atoms with Crippen LogP contribution >= 0.6 is 11.3 Å². The summed E-state index contributed by atoms with van der Waals surface area (Å²) in [5.74, 6) is 0. The van der Waals surface area contributed by atoms with Crippen molar-refractivity contribution in [2.45, 2.75) is 27.3 Å². The maximum Gasteiger partial charge on any atom is 0.0897 e. The van der Waals surface area contributed by atoms with Gasteiger partial charge >= 0.3 is 0 Å². The summed E-state index contributed by atoms with van der Waals surface area (Å²) in [4.78, 5) is 7.59. The molecule has 0 fully saturated rings. The Balaban J connectivity index is 0.000000336. The Kier molecular flexibility index (Phi) is 8.56. The van der Waals surface area contributed by atoms with Gasteiger partial charge in [0.05, 0.1) is 5.01 Å². The summed E-state index contributed by atoms with van der Waals surface area (Å²) in [7, 11) is 4.11. The maximum absolute atomic E-state index is 4.15. The lowest BCUT2D eigenvalue weighted by Crippen LogP contribution is -2.10. The molecule has 1 rings (SSSR count). The highest BCUT2D eigenvalue weighted by Crippen LogP contribution is 2.10. The highest BCUT2D eigenvalue weighted by Gasteiger charge is 1.94. The summed E-state index contributed by atoms with van der Waals surface area (Å²) < 4.78 is 0. The fraction of sp³-hybridized carbons (Fsp3) is 0.727. The number of nitrogens with zero attached hydrogens (tertiary/aromatic N) is 2. The third kappa shape index (κ3) is 8.54. The van der Waals surface area contributed by atoms with Crippen LogP contribution in [-0.2, 0) is 6.54 Å². The first-order valence-corrected chi connectivity index (χ1v) is 6.18. The molecule has 0 radical (unpaired) electrons. The van der Waals surface area contributed by atoms with Crippen LogP contribution in [0.5, 0.6) is 0 Å². The van der Waals surface area contributed by atoms with E-state index in [-0.39, 0.29) is 0 Å². The molecule has 1 heterocycles. The highest BCUT2D eigenvalue weighted by atomic mass is 32.1. The molecule has 1 N–H and O–H groups in total. The fourth-order valence-electron chi connectivity index (χ4n) is 0.735. The Morgan fingerprint density at radius 2 is 2.00 bits per heavy atom. The van der Waals surface area contributed by atoms with Crippen molar-refractivity contribution < 1.29 is 0 Å². The van der Waals surface area contributed by atoms with E-state index in [9.17, 15) is 0 Å². The van der Waals surface area contributed by atoms with Gasteiger partial charge in [-0.1, -0.05) is 13.8 Å². The number of aryl methyl sites for hydroxylation is 1. The van der Waals surface area contributed by atoms with Crippen LogP contribution < -0.4 is 5.32 Å². The van der Waals surface area contributed by atoms with Gasteiger partial charge in [0.1, 0.15) is 0 Å². The first-order chi connectivity index (χ1) is 7.10. The van der Waals surface area contributed by atoms with E-state index in [0.717, 1.165) is 24.6 Å². The molecule has 0 spiro atoms. The van der Waals surface area contributed by atoms with Gasteiger partial charge in [-0.25, -0.2) is 4.98 Å². The van der Waals surface area contributed by atoms with E-state index >= 15 is 0 Å². The van der Waals surface area contributed by atoms with E-state index in [1.165, 1.54) is 4.88 Å². The summed E-state index contributed by atoms with van der Waals surface area (Å²) in [5.41, 5.74) is 0. The zero-order valence-corrected chi connectivity index (χ0v) is 11.3. The number of aromatic nitrogens is 1. The van der Waals surface area contributed by atoms with Crippen molar-refractivity contribution in [2.24, 2.45) is 0 Å². The molecule has 0 unspecified atom stereocenters. The number of rotatable bonds is 4. The molecule has 88 valence electrons. The molecule has 0 aliphatic heterocycles. The van der Waals surface area contributed by atoms with Crippen LogP contribution in [0.3, 0.4) is 0 Å². The topological polar surface area (TPSA) is 28.2 Å². The van der Waals surface area contributed by atoms with Crippen molar-refractivity contribution in [1.29, 1.82) is 0 Å². The van der Waals surface area contributed by atoms with Gasteiger partial charge in [0.25, 0.3) is 0 Å². The second-order valence-electron chi connectivity index (χ2n) is 3.52. The van der Waals surface area contributed by atoms with E-state index in [2.05, 4.69) is 43.1 Å². The van der Waals surface area contributed by atoms with E-state index in [0.29, 0.717) is 0 Å². The van der Waals surface area contributed by atoms with Gasteiger partial charge in [-0.05, 0) is 34.1 Å². The van der Waals surface area contributed by atoms with Crippen LogP contribution in [0.4, 0.5) is 0 Å². The second kappa shape index (κ2) is 8.83. The Morgan fingerprint density at radius 3 is 2.33 bits per heavy atom. The SMILES string of the molecule is CCN(C)C.CCNCc1cnc(C)s1. The quantitative estimate of drug-likeness (QED) is 0.857. The molecule has 15 heavy (non-hydrogen) atoms. The summed E-state index contributed by atoms with van der Waals surface area (Å²) in [6, 6.07) is 0. The van der Waals surface area contributed by atoms with Crippen LogP contribution in [0, 0.1) is 6.92 Å². The van der Waals surface area contributed by atoms with Gasteiger partial charge in [-0.15, -0.1) is 11.3 Å². The van der Waals surface area contributed by atoms with Gasteiger partial charge in [-0.2, -0.15) is 0 Å². The minimum Gasteiger partial charge on any atom is -0.312 e. The first kappa shape index (κ1) is 14.6. The van der Waals surface area contributed by atoms with Gasteiger partial charge < -0.3 is 10.2 Å². The standard InChI is InChI=1S/C7H12N2S.C4H11N/c1-3-8-4-7-5-9-6(2)10-7;1-4-5(2)3/h5,8H,3-4H2,1-2H3;4H2,1-3H3. The molecule has 0 aromatic carbocycles. The van der Waals surface area contributed by atoms with Crippen LogP contribution in [-0.4, -0.2) is 37.1 Å². The molecular weight excluding hydrogens is 206 g/mol. The molecule has 0 saturated heterocycles. The molecule has 0 aliphatic rings. The van der Waals surface area contributed by atoms with Crippen LogP contribution in [0.1, 0.15) is 23.7 Å². The Labute approximate surface area is 97.5 Å². The molecule has 0 saturated carbocycles. The van der Waals surface area contributed by atoms with E-state index in [1.54, 1.807) is 11.3 Å². The minimum atomic E-state index is 0.960. The van der Waals surface area contributed by atoms with Crippen LogP contribution in [0.2, 0.25) is 0 Å². The van der Waals surface area contributed by atoms with Crippen molar-refractivity contribution in [3.05, 3.63) is 16.1 Å². The lowest BCUT2D eigenvalue weighted by Gasteiger charge is -2.00. The van der Waals surface area contributed by atoms with Crippen LogP contribution in [0.25, 0.3) is 0 Å². The van der Waals surface area contributed by atoms with Gasteiger partial charge in [0.15, 0.2) is 0 Å². The molecule has 1 aromatic heterocycles. The molecule has 1 aromatic rings. The van der Waals surface area contributed by atoms with Gasteiger partial charge in [0.2, 0.25) is 0 Å². The number of thiazole rings is 1. The van der Waals surface area contributed by atoms with Crippen molar-refractivity contribution in [2.75, 3.05) is 27.2 Å². The Bertz CT molecular complexity index is 246. The average molecular weight is 229 g/mol. The van der Waals surface area contributed by atoms with Gasteiger partial charge in [-0.3, -0.25) is 0 Å². The lowest BCUT2D eigenvalue weighted by molar-refractivity contribution is 0.434. The first-order valence-electron chi connectivity index (χ1n) is 5.36. The largest absolute Gasteiger partial charge is 0.312 e. The third-order valence-electron chi connectivity index (χ3n) is 1.85. The minimum absolute atomic E-state index is 0.960. The summed E-state index contributed by atoms with van der Waals surface area (Å²) >= 11 is 1.75. The number of hydrogen-bond acceptors (Lipinski definition) is 4. The maximum atomic E-state index is 4.15. The predicted molar refractivity (Wildman–Crippen MR) is 68.5 cm³/mol. The molecule has 0 atom stereocenters. The Hall–Kier alpha value is -0.450. The third-order valence-corrected chi connectivity index (χ3v) is 2.76.